The summed E-state index contributed by atoms with van der Waals surface area (Å²) >= 11 is 1.67. The summed E-state index contributed by atoms with van der Waals surface area (Å²) in [5.41, 5.74) is 0. The molecule has 0 aliphatic carbocycles. The Morgan fingerprint density at radius 3 is 2.88 bits per heavy atom. The number of amides is 1. The number of ether oxygens (including phenoxy) is 1. The number of hydrogen-bond donors (Lipinski definition) is 0. The van der Waals surface area contributed by atoms with E-state index < -0.39 is 0 Å². The summed E-state index contributed by atoms with van der Waals surface area (Å²) < 4.78 is 5.01. The fraction of sp³-hybridized carbons (Fsp3) is 0.833. The van der Waals surface area contributed by atoms with E-state index in [1.165, 1.54) is 0 Å². The highest BCUT2D eigenvalue weighted by atomic mass is 32.2. The molecule has 1 amide bonds. The van der Waals surface area contributed by atoms with Crippen LogP contribution in [0.3, 0.4) is 0 Å². The quantitative estimate of drug-likeness (QED) is 0.703. The van der Waals surface area contributed by atoms with Crippen molar-refractivity contribution in [1.29, 1.82) is 0 Å². The first-order valence-electron chi connectivity index (χ1n) is 6.12. The van der Waals surface area contributed by atoms with Crippen LogP contribution < -0.4 is 0 Å². The van der Waals surface area contributed by atoms with Crippen LogP contribution in [0.25, 0.3) is 0 Å². The van der Waals surface area contributed by atoms with E-state index in [2.05, 4.69) is 0 Å². The van der Waals surface area contributed by atoms with Gasteiger partial charge < -0.3 is 9.64 Å². The maximum atomic E-state index is 11.8. The van der Waals surface area contributed by atoms with Crippen molar-refractivity contribution >= 4 is 23.6 Å². The lowest BCUT2D eigenvalue weighted by Crippen LogP contribution is -2.42. The largest absolute Gasteiger partial charge is 0.466 e. The Labute approximate surface area is 107 Å². The molecule has 1 heterocycles. The number of carbonyl (C=O) groups excluding carboxylic acids is 2. The van der Waals surface area contributed by atoms with Crippen LogP contribution in [0.15, 0.2) is 0 Å². The molecule has 4 nitrogen and oxygen atoms in total. The number of hydrogen-bond acceptors (Lipinski definition) is 4. The number of esters is 1. The van der Waals surface area contributed by atoms with Gasteiger partial charge in [-0.1, -0.05) is 0 Å². The van der Waals surface area contributed by atoms with E-state index in [0.29, 0.717) is 19.6 Å². The van der Waals surface area contributed by atoms with E-state index in [1.807, 2.05) is 13.2 Å². The van der Waals surface area contributed by atoms with Gasteiger partial charge in [0, 0.05) is 25.3 Å². The molecule has 0 bridgehead atoms. The van der Waals surface area contributed by atoms with Crippen LogP contribution in [-0.4, -0.2) is 48.5 Å². The fourth-order valence-corrected chi connectivity index (χ4v) is 2.38. The lowest BCUT2D eigenvalue weighted by Gasteiger charge is -2.31. The van der Waals surface area contributed by atoms with Crippen molar-refractivity contribution in [3.05, 3.63) is 0 Å². The molecular weight excluding hydrogens is 238 g/mol. The Hall–Kier alpha value is -0.710. The van der Waals surface area contributed by atoms with Crippen LogP contribution in [-0.2, 0) is 14.3 Å². The summed E-state index contributed by atoms with van der Waals surface area (Å²) in [6, 6.07) is 0. The number of nitrogens with zero attached hydrogens (tertiary/aromatic N) is 1. The average molecular weight is 259 g/mol. The Balaban J connectivity index is 2.42. The molecule has 0 aromatic heterocycles. The van der Waals surface area contributed by atoms with Gasteiger partial charge in [0.2, 0.25) is 5.91 Å². The normalized spacial score (nSPS) is 20.1. The second-order valence-corrected chi connectivity index (χ2v) is 5.16. The third kappa shape index (κ3) is 4.58. The second kappa shape index (κ2) is 7.58. The topological polar surface area (TPSA) is 46.6 Å². The Kier molecular flexibility index (Phi) is 6.40. The first-order chi connectivity index (χ1) is 8.19. The lowest BCUT2D eigenvalue weighted by atomic mass is 9.98. The van der Waals surface area contributed by atoms with Crippen LogP contribution in [0.5, 0.6) is 0 Å². The summed E-state index contributed by atoms with van der Waals surface area (Å²) in [6.45, 7) is 3.53. The maximum absolute atomic E-state index is 11.8. The molecule has 0 aromatic rings. The molecule has 0 aromatic carbocycles. The van der Waals surface area contributed by atoms with Gasteiger partial charge in [-0.2, -0.15) is 11.8 Å². The van der Waals surface area contributed by atoms with E-state index in [0.717, 1.165) is 25.1 Å². The van der Waals surface area contributed by atoms with Crippen molar-refractivity contribution in [3.63, 3.8) is 0 Å². The molecule has 5 heteroatoms. The molecule has 98 valence electrons. The summed E-state index contributed by atoms with van der Waals surface area (Å²) in [7, 11) is 0. The van der Waals surface area contributed by atoms with Gasteiger partial charge in [0.25, 0.3) is 0 Å². The third-order valence-corrected chi connectivity index (χ3v) is 3.53. The Morgan fingerprint density at radius 1 is 1.47 bits per heavy atom. The summed E-state index contributed by atoms with van der Waals surface area (Å²) in [4.78, 5) is 25.3. The van der Waals surface area contributed by atoms with Crippen LogP contribution in [0.4, 0.5) is 0 Å². The number of rotatable bonds is 5. The van der Waals surface area contributed by atoms with Gasteiger partial charge in [-0.3, -0.25) is 9.59 Å². The molecule has 1 aliphatic heterocycles. The SMILES string of the molecule is CCOC(=O)[C@@H]1CCCN(C(=O)CCSC)C1. The average Bonchev–Trinajstić information content (AvgIpc) is 2.36. The third-order valence-electron chi connectivity index (χ3n) is 2.91. The first kappa shape index (κ1) is 14.4. The molecular formula is C12H21NO3S. The minimum Gasteiger partial charge on any atom is -0.466 e. The number of likely N-dealkylation sites (tertiary alicyclic amines) is 1. The zero-order valence-corrected chi connectivity index (χ0v) is 11.4. The molecule has 1 saturated heterocycles. The van der Waals surface area contributed by atoms with Crippen LogP contribution in [0, 0.1) is 5.92 Å². The van der Waals surface area contributed by atoms with E-state index in [4.69, 9.17) is 4.74 Å². The smallest absolute Gasteiger partial charge is 0.310 e. The van der Waals surface area contributed by atoms with Gasteiger partial charge in [-0.25, -0.2) is 0 Å². The van der Waals surface area contributed by atoms with Crippen LogP contribution in [0.1, 0.15) is 26.2 Å². The van der Waals surface area contributed by atoms with Gasteiger partial charge >= 0.3 is 5.97 Å². The highest BCUT2D eigenvalue weighted by Gasteiger charge is 2.28. The number of carbonyl (C=O) groups is 2. The standard InChI is InChI=1S/C12H21NO3S/c1-3-16-12(15)10-5-4-7-13(9-10)11(14)6-8-17-2/h10H,3-9H2,1-2H3/t10-/m1/s1. The molecule has 1 rings (SSSR count). The summed E-state index contributed by atoms with van der Waals surface area (Å²) in [5.74, 6) is 0.726. The van der Waals surface area contributed by atoms with Gasteiger partial charge in [-0.05, 0) is 26.0 Å². The molecule has 1 aliphatic rings. The van der Waals surface area contributed by atoms with E-state index >= 15 is 0 Å². The minimum absolute atomic E-state index is 0.123. The van der Waals surface area contributed by atoms with Crippen molar-refractivity contribution < 1.29 is 14.3 Å². The van der Waals surface area contributed by atoms with E-state index in [-0.39, 0.29) is 17.8 Å². The molecule has 1 atom stereocenters. The summed E-state index contributed by atoms with van der Waals surface area (Å²) in [6.07, 6.45) is 4.29. The predicted octanol–water partition coefficient (Wildman–Crippen LogP) is 1.54. The van der Waals surface area contributed by atoms with E-state index in [9.17, 15) is 9.59 Å². The number of piperidine rings is 1. The van der Waals surface area contributed by atoms with Gasteiger partial charge in [-0.15, -0.1) is 0 Å². The highest BCUT2D eigenvalue weighted by molar-refractivity contribution is 7.98. The van der Waals surface area contributed by atoms with E-state index in [1.54, 1.807) is 16.7 Å². The first-order valence-corrected chi connectivity index (χ1v) is 7.51. The lowest BCUT2D eigenvalue weighted by molar-refractivity contribution is -0.151. The number of thioether (sulfide) groups is 1. The fourth-order valence-electron chi connectivity index (χ4n) is 2.00. The van der Waals surface area contributed by atoms with Gasteiger partial charge in [0.1, 0.15) is 0 Å². The maximum Gasteiger partial charge on any atom is 0.310 e. The monoisotopic (exact) mass is 259 g/mol. The Bertz CT molecular complexity index is 270. The molecule has 17 heavy (non-hydrogen) atoms. The van der Waals surface area contributed by atoms with Crippen LogP contribution in [0.2, 0.25) is 0 Å². The van der Waals surface area contributed by atoms with Crippen molar-refractivity contribution in [2.24, 2.45) is 5.92 Å². The zero-order valence-electron chi connectivity index (χ0n) is 10.6. The second-order valence-electron chi connectivity index (χ2n) is 4.17. The van der Waals surface area contributed by atoms with Gasteiger partial charge in [0.05, 0.1) is 12.5 Å². The Morgan fingerprint density at radius 2 is 2.24 bits per heavy atom. The van der Waals surface area contributed by atoms with Crippen molar-refractivity contribution in [3.8, 4) is 0 Å². The summed E-state index contributed by atoms with van der Waals surface area (Å²) in [5, 5.41) is 0. The molecule has 0 unspecified atom stereocenters. The molecule has 0 spiro atoms. The van der Waals surface area contributed by atoms with Gasteiger partial charge in [0.15, 0.2) is 0 Å². The molecule has 1 fully saturated rings. The molecule has 0 radical (unpaired) electrons. The predicted molar refractivity (Wildman–Crippen MR) is 68.9 cm³/mol. The molecule has 0 saturated carbocycles. The highest BCUT2D eigenvalue weighted by Crippen LogP contribution is 2.18. The minimum atomic E-state index is -0.158. The molecule has 0 N–H and O–H groups in total. The van der Waals surface area contributed by atoms with Crippen molar-refractivity contribution in [1.82, 2.24) is 4.90 Å². The van der Waals surface area contributed by atoms with Crippen LogP contribution >= 0.6 is 11.8 Å². The zero-order chi connectivity index (χ0) is 12.7. The van der Waals surface area contributed by atoms with Crippen molar-refractivity contribution in [2.75, 3.05) is 31.7 Å². The van der Waals surface area contributed by atoms with Crippen molar-refractivity contribution in [2.45, 2.75) is 26.2 Å².